The Hall–Kier alpha value is -0.620. The van der Waals surface area contributed by atoms with Crippen molar-refractivity contribution in [2.75, 3.05) is 12.4 Å². The van der Waals surface area contributed by atoms with E-state index in [4.69, 9.17) is 0 Å². The average Bonchev–Trinajstić information content (AvgIpc) is 1.84. The third kappa shape index (κ3) is 6.11. The summed E-state index contributed by atoms with van der Waals surface area (Å²) in [5.41, 5.74) is 0. The van der Waals surface area contributed by atoms with Crippen LogP contribution in [-0.4, -0.2) is 31.3 Å². The van der Waals surface area contributed by atoms with Crippen LogP contribution < -0.4 is 0 Å². The molecule has 0 atom stereocenters. The van der Waals surface area contributed by atoms with E-state index >= 15 is 0 Å². The molecule has 0 amide bonds. The second kappa shape index (κ2) is 4.42. The molecule has 0 spiro atoms. The summed E-state index contributed by atoms with van der Waals surface area (Å²) in [6, 6.07) is 0. The number of esters is 1. The summed E-state index contributed by atoms with van der Waals surface area (Å²) in [7, 11) is -4.27. The number of rotatable bonds is 4. The van der Waals surface area contributed by atoms with Gasteiger partial charge >= 0.3 is 5.97 Å². The number of carbonyl (C=O) groups excluding carboxylic acids is 1. The van der Waals surface area contributed by atoms with Crippen molar-refractivity contribution in [1.29, 1.82) is 0 Å². The first-order chi connectivity index (χ1) is 5.33. The molecule has 0 aliphatic heterocycles. The Kier molecular flexibility index (Phi) is 4.19. The van der Waals surface area contributed by atoms with Crippen LogP contribution in [0, 0.1) is 5.92 Å². The summed E-state index contributed by atoms with van der Waals surface area (Å²) in [4.78, 5) is 10.7. The summed E-state index contributed by atoms with van der Waals surface area (Å²) in [5, 5.41) is 0. The first kappa shape index (κ1) is 11.4. The first-order valence-corrected chi connectivity index (χ1v) is 5.01. The molecule has 5 nitrogen and oxygen atoms in total. The van der Waals surface area contributed by atoms with Gasteiger partial charge in [-0.1, -0.05) is 13.8 Å². The third-order valence-electron chi connectivity index (χ3n) is 1.05. The maximum Gasteiger partial charge on any atom is 0.308 e. The Balaban J connectivity index is 3.66. The van der Waals surface area contributed by atoms with Gasteiger partial charge in [-0.2, -0.15) is 0 Å². The van der Waals surface area contributed by atoms with Gasteiger partial charge in [0.25, 0.3) is 0 Å². The van der Waals surface area contributed by atoms with E-state index < -0.39 is 21.8 Å². The zero-order chi connectivity index (χ0) is 9.78. The molecule has 0 radical (unpaired) electrons. The van der Waals surface area contributed by atoms with Crippen LogP contribution in [0.5, 0.6) is 0 Å². The molecule has 6 heteroatoms. The molecule has 0 fully saturated rings. The fourth-order valence-corrected chi connectivity index (χ4v) is 0.698. The van der Waals surface area contributed by atoms with Gasteiger partial charge in [-0.3, -0.25) is 4.79 Å². The monoisotopic (exact) mass is 195 g/mol. The molecule has 0 aliphatic carbocycles. The lowest BCUT2D eigenvalue weighted by molar-refractivity contribution is -0.146. The normalized spacial score (nSPS) is 11.7. The van der Waals surface area contributed by atoms with Crippen molar-refractivity contribution in [3.63, 3.8) is 0 Å². The van der Waals surface area contributed by atoms with Gasteiger partial charge in [0.15, 0.2) is 0 Å². The highest BCUT2D eigenvalue weighted by molar-refractivity contribution is 7.85. The van der Waals surface area contributed by atoms with Crippen molar-refractivity contribution in [1.82, 2.24) is 0 Å². The van der Waals surface area contributed by atoms with Gasteiger partial charge in [0.1, 0.15) is 6.61 Å². The van der Waals surface area contributed by atoms with Crippen LogP contribution in [0.2, 0.25) is 0 Å². The average molecular weight is 195 g/mol. The Morgan fingerprint density at radius 3 is 2.33 bits per heavy atom. The van der Waals surface area contributed by atoms with Crippen LogP contribution in [0.1, 0.15) is 13.8 Å². The minimum Gasteiger partial charge on any atom is -0.748 e. The van der Waals surface area contributed by atoms with E-state index in [1.165, 1.54) is 0 Å². The highest BCUT2D eigenvalue weighted by atomic mass is 32.2. The molecule has 0 heterocycles. The van der Waals surface area contributed by atoms with Gasteiger partial charge in [-0.25, -0.2) is 8.42 Å². The molecule has 0 saturated carbocycles. The largest absolute Gasteiger partial charge is 0.748 e. The minimum absolute atomic E-state index is 0.306. The number of carbonyl (C=O) groups is 1. The molecule has 0 aliphatic rings. The van der Waals surface area contributed by atoms with E-state index in [1.807, 2.05) is 0 Å². The molecular formula is C6H11O5S-. The molecule has 0 unspecified atom stereocenters. The third-order valence-corrected chi connectivity index (χ3v) is 1.72. The Morgan fingerprint density at radius 2 is 2.00 bits per heavy atom. The highest BCUT2D eigenvalue weighted by Crippen LogP contribution is 1.95. The van der Waals surface area contributed by atoms with E-state index in [1.54, 1.807) is 13.8 Å². The maximum absolute atomic E-state index is 10.7. The van der Waals surface area contributed by atoms with Gasteiger partial charge in [0.2, 0.25) is 0 Å². The van der Waals surface area contributed by atoms with Crippen molar-refractivity contribution in [3.8, 4) is 0 Å². The second-order valence-corrected chi connectivity index (χ2v) is 4.11. The summed E-state index contributed by atoms with van der Waals surface area (Å²) in [6.45, 7) is 2.88. The van der Waals surface area contributed by atoms with Gasteiger partial charge in [-0.15, -0.1) is 0 Å². The van der Waals surface area contributed by atoms with E-state index in [0.717, 1.165) is 0 Å². The van der Waals surface area contributed by atoms with Crippen LogP contribution in [0.3, 0.4) is 0 Å². The molecule has 0 N–H and O–H groups in total. The topological polar surface area (TPSA) is 83.5 Å². The molecule has 0 bridgehead atoms. The van der Waals surface area contributed by atoms with Crippen LogP contribution in [0.4, 0.5) is 0 Å². The molecule has 0 rings (SSSR count). The SMILES string of the molecule is CC(C)C(=O)OCCS(=O)(=O)[O-]. The van der Waals surface area contributed by atoms with Crippen molar-refractivity contribution in [3.05, 3.63) is 0 Å². The number of hydrogen-bond acceptors (Lipinski definition) is 5. The van der Waals surface area contributed by atoms with Gasteiger partial charge in [0, 0.05) is 0 Å². The van der Waals surface area contributed by atoms with E-state index in [0.29, 0.717) is 0 Å². The zero-order valence-corrected chi connectivity index (χ0v) is 7.76. The maximum atomic E-state index is 10.7. The van der Waals surface area contributed by atoms with Crippen LogP contribution >= 0.6 is 0 Å². The van der Waals surface area contributed by atoms with Crippen LogP contribution in [0.15, 0.2) is 0 Å². The number of ether oxygens (including phenoxy) is 1. The summed E-state index contributed by atoms with van der Waals surface area (Å²) < 4.78 is 34.6. The molecule has 72 valence electrons. The van der Waals surface area contributed by atoms with Gasteiger partial charge in [-0.05, 0) is 0 Å². The Bertz CT molecular complexity index is 241. The lowest BCUT2D eigenvalue weighted by atomic mass is 10.2. The van der Waals surface area contributed by atoms with E-state index in [9.17, 15) is 17.8 Å². The van der Waals surface area contributed by atoms with Gasteiger partial charge < -0.3 is 9.29 Å². The summed E-state index contributed by atoms with van der Waals surface area (Å²) in [5.74, 6) is -1.47. The smallest absolute Gasteiger partial charge is 0.308 e. The van der Waals surface area contributed by atoms with Crippen LogP contribution in [0.25, 0.3) is 0 Å². The lowest BCUT2D eigenvalue weighted by Gasteiger charge is -2.08. The molecule has 12 heavy (non-hydrogen) atoms. The van der Waals surface area contributed by atoms with E-state index in [2.05, 4.69) is 4.74 Å². The first-order valence-electron chi connectivity index (χ1n) is 3.43. The predicted octanol–water partition coefficient (Wildman–Crippen LogP) is -0.269. The zero-order valence-electron chi connectivity index (χ0n) is 6.94. The van der Waals surface area contributed by atoms with Crippen molar-refractivity contribution >= 4 is 16.1 Å². The second-order valence-electron chi connectivity index (χ2n) is 2.58. The highest BCUT2D eigenvalue weighted by Gasteiger charge is 2.08. The van der Waals surface area contributed by atoms with Crippen LogP contribution in [-0.2, 0) is 19.6 Å². The van der Waals surface area contributed by atoms with Crippen molar-refractivity contribution < 1.29 is 22.5 Å². The number of hydrogen-bond donors (Lipinski definition) is 0. The fraction of sp³-hybridized carbons (Fsp3) is 0.833. The van der Waals surface area contributed by atoms with Crippen molar-refractivity contribution in [2.24, 2.45) is 5.92 Å². The van der Waals surface area contributed by atoms with Crippen molar-refractivity contribution in [2.45, 2.75) is 13.8 Å². The van der Waals surface area contributed by atoms with E-state index in [-0.39, 0.29) is 12.5 Å². The Morgan fingerprint density at radius 1 is 1.50 bits per heavy atom. The standard InChI is InChI=1S/C6H12O5S/c1-5(2)6(7)11-3-4-12(8,9)10/h5H,3-4H2,1-2H3,(H,8,9,10)/p-1. The molecular weight excluding hydrogens is 184 g/mol. The molecule has 0 saturated heterocycles. The molecule has 0 aromatic carbocycles. The summed E-state index contributed by atoms with van der Waals surface area (Å²) >= 11 is 0. The quantitative estimate of drug-likeness (QED) is 0.455. The molecule has 0 aromatic heterocycles. The fourth-order valence-electron chi connectivity index (χ4n) is 0.411. The Labute approximate surface area is 71.5 Å². The minimum atomic E-state index is -4.27. The molecule has 0 aromatic rings. The summed E-state index contributed by atoms with van der Waals surface area (Å²) in [6.07, 6.45) is 0. The van der Waals surface area contributed by atoms with Gasteiger partial charge in [0.05, 0.1) is 21.8 Å². The predicted molar refractivity (Wildman–Crippen MR) is 40.4 cm³/mol. The lowest BCUT2D eigenvalue weighted by Crippen LogP contribution is -2.17.